The van der Waals surface area contributed by atoms with Crippen LogP contribution >= 0.6 is 0 Å². The Bertz CT molecular complexity index is 565. The van der Waals surface area contributed by atoms with Crippen LogP contribution in [0.25, 0.3) is 11.3 Å². The SMILES string of the molecule is O=Cc1cc(-c2ccccc2O)oc1C1CC1. The van der Waals surface area contributed by atoms with E-state index in [-0.39, 0.29) is 5.75 Å². The van der Waals surface area contributed by atoms with E-state index in [0.29, 0.717) is 22.8 Å². The van der Waals surface area contributed by atoms with E-state index < -0.39 is 0 Å². The molecule has 0 bridgehead atoms. The summed E-state index contributed by atoms with van der Waals surface area (Å²) in [5.41, 5.74) is 1.23. The van der Waals surface area contributed by atoms with Gasteiger partial charge in [-0.2, -0.15) is 0 Å². The first kappa shape index (κ1) is 10.1. The number of hydrogen-bond donors (Lipinski definition) is 1. The Balaban J connectivity index is 2.09. The molecule has 86 valence electrons. The number of phenolic OH excluding ortho intramolecular Hbond substituents is 1. The number of benzene rings is 1. The fourth-order valence-electron chi connectivity index (χ4n) is 1.99. The van der Waals surface area contributed by atoms with Gasteiger partial charge in [0.05, 0.1) is 11.1 Å². The summed E-state index contributed by atoms with van der Waals surface area (Å²) in [6, 6.07) is 8.67. The van der Waals surface area contributed by atoms with Crippen molar-refractivity contribution in [2.24, 2.45) is 0 Å². The van der Waals surface area contributed by atoms with Gasteiger partial charge < -0.3 is 9.52 Å². The summed E-state index contributed by atoms with van der Waals surface area (Å²) < 4.78 is 5.71. The van der Waals surface area contributed by atoms with E-state index in [9.17, 15) is 9.90 Å². The highest BCUT2D eigenvalue weighted by atomic mass is 16.3. The van der Waals surface area contributed by atoms with Crippen LogP contribution in [0.1, 0.15) is 34.9 Å². The Morgan fingerprint density at radius 3 is 2.71 bits per heavy atom. The van der Waals surface area contributed by atoms with Gasteiger partial charge in [-0.25, -0.2) is 0 Å². The average molecular weight is 228 g/mol. The lowest BCUT2D eigenvalue weighted by atomic mass is 10.1. The maximum absolute atomic E-state index is 11.0. The highest BCUT2D eigenvalue weighted by Crippen LogP contribution is 2.44. The van der Waals surface area contributed by atoms with Crippen molar-refractivity contribution >= 4 is 6.29 Å². The molecule has 0 spiro atoms. The number of phenols is 1. The third kappa shape index (κ3) is 1.73. The Hall–Kier alpha value is -2.03. The number of furan rings is 1. The van der Waals surface area contributed by atoms with Gasteiger partial charge in [0.15, 0.2) is 6.29 Å². The highest BCUT2D eigenvalue weighted by molar-refractivity contribution is 5.80. The summed E-state index contributed by atoms with van der Waals surface area (Å²) in [5, 5.41) is 9.74. The molecule has 1 aromatic heterocycles. The van der Waals surface area contributed by atoms with Gasteiger partial charge in [-0.05, 0) is 31.0 Å². The van der Waals surface area contributed by atoms with Crippen molar-refractivity contribution in [3.05, 3.63) is 41.7 Å². The van der Waals surface area contributed by atoms with Crippen molar-refractivity contribution in [1.82, 2.24) is 0 Å². The molecule has 3 heteroatoms. The Morgan fingerprint density at radius 1 is 1.29 bits per heavy atom. The highest BCUT2D eigenvalue weighted by Gasteiger charge is 2.30. The van der Waals surface area contributed by atoms with E-state index >= 15 is 0 Å². The summed E-state index contributed by atoms with van der Waals surface area (Å²) in [6.45, 7) is 0. The maximum atomic E-state index is 11.0. The van der Waals surface area contributed by atoms with Crippen LogP contribution in [-0.2, 0) is 0 Å². The molecule has 3 rings (SSSR count). The molecular formula is C14H12O3. The quantitative estimate of drug-likeness (QED) is 0.819. The molecule has 3 nitrogen and oxygen atoms in total. The molecule has 17 heavy (non-hydrogen) atoms. The molecule has 1 N–H and O–H groups in total. The second-order valence-corrected chi connectivity index (χ2v) is 4.34. The molecule has 1 aromatic carbocycles. The number of carbonyl (C=O) groups excluding carboxylic acids is 1. The fraction of sp³-hybridized carbons (Fsp3) is 0.214. The first-order chi connectivity index (χ1) is 8.29. The minimum absolute atomic E-state index is 0.168. The lowest BCUT2D eigenvalue weighted by Gasteiger charge is -1.99. The number of aromatic hydroxyl groups is 1. The topological polar surface area (TPSA) is 50.4 Å². The summed E-state index contributed by atoms with van der Waals surface area (Å²) in [5.74, 6) is 1.88. The van der Waals surface area contributed by atoms with Crippen molar-refractivity contribution in [3.63, 3.8) is 0 Å². The number of aldehydes is 1. The van der Waals surface area contributed by atoms with Crippen LogP contribution in [0.2, 0.25) is 0 Å². The smallest absolute Gasteiger partial charge is 0.153 e. The standard InChI is InChI=1S/C14H12O3/c15-8-10-7-13(17-14(10)9-5-6-9)11-3-1-2-4-12(11)16/h1-4,7-9,16H,5-6H2. The summed E-state index contributed by atoms with van der Waals surface area (Å²) in [4.78, 5) is 11.0. The first-order valence-corrected chi connectivity index (χ1v) is 5.67. The van der Waals surface area contributed by atoms with Gasteiger partial charge in [-0.3, -0.25) is 4.79 Å². The largest absolute Gasteiger partial charge is 0.507 e. The summed E-state index contributed by atoms with van der Waals surface area (Å²) in [6.07, 6.45) is 2.98. The third-order valence-corrected chi connectivity index (χ3v) is 3.04. The number of para-hydroxylation sites is 1. The minimum atomic E-state index is 0.168. The minimum Gasteiger partial charge on any atom is -0.507 e. The normalized spacial score (nSPS) is 14.8. The molecule has 1 aliphatic rings. The first-order valence-electron chi connectivity index (χ1n) is 5.67. The van der Waals surface area contributed by atoms with Gasteiger partial charge in [-0.1, -0.05) is 12.1 Å². The van der Waals surface area contributed by atoms with E-state index in [1.807, 2.05) is 6.07 Å². The number of rotatable bonds is 3. The van der Waals surface area contributed by atoms with Gasteiger partial charge in [0.2, 0.25) is 0 Å². The van der Waals surface area contributed by atoms with Crippen molar-refractivity contribution in [2.75, 3.05) is 0 Å². The Kier molecular flexibility index (Phi) is 2.25. The average Bonchev–Trinajstić information content (AvgIpc) is 3.10. The second kappa shape index (κ2) is 3.77. The van der Waals surface area contributed by atoms with Crippen LogP contribution in [0.4, 0.5) is 0 Å². The van der Waals surface area contributed by atoms with Crippen molar-refractivity contribution < 1.29 is 14.3 Å². The number of hydrogen-bond acceptors (Lipinski definition) is 3. The second-order valence-electron chi connectivity index (χ2n) is 4.34. The molecule has 0 unspecified atom stereocenters. The molecular weight excluding hydrogens is 216 g/mol. The van der Waals surface area contributed by atoms with E-state index in [4.69, 9.17) is 4.42 Å². The zero-order valence-corrected chi connectivity index (χ0v) is 9.22. The summed E-state index contributed by atoms with van der Waals surface area (Å²) in [7, 11) is 0. The zero-order valence-electron chi connectivity index (χ0n) is 9.22. The van der Waals surface area contributed by atoms with Crippen LogP contribution in [-0.4, -0.2) is 11.4 Å². The third-order valence-electron chi connectivity index (χ3n) is 3.04. The predicted octanol–water partition coefficient (Wildman–Crippen LogP) is 3.34. The molecule has 0 aliphatic heterocycles. The van der Waals surface area contributed by atoms with E-state index in [1.165, 1.54) is 0 Å². The van der Waals surface area contributed by atoms with Gasteiger partial charge >= 0.3 is 0 Å². The fourth-order valence-corrected chi connectivity index (χ4v) is 1.99. The van der Waals surface area contributed by atoms with E-state index in [1.54, 1.807) is 24.3 Å². The Labute approximate surface area is 98.7 Å². The van der Waals surface area contributed by atoms with E-state index in [0.717, 1.165) is 24.9 Å². The van der Waals surface area contributed by atoms with Crippen LogP contribution in [0, 0.1) is 0 Å². The van der Waals surface area contributed by atoms with Crippen LogP contribution in [0.15, 0.2) is 34.7 Å². The molecule has 0 saturated heterocycles. The monoisotopic (exact) mass is 228 g/mol. The Morgan fingerprint density at radius 2 is 2.06 bits per heavy atom. The van der Waals surface area contributed by atoms with Crippen molar-refractivity contribution in [3.8, 4) is 17.1 Å². The van der Waals surface area contributed by atoms with Crippen LogP contribution in [0.3, 0.4) is 0 Å². The van der Waals surface area contributed by atoms with Crippen LogP contribution < -0.4 is 0 Å². The van der Waals surface area contributed by atoms with Gasteiger partial charge in [0.1, 0.15) is 17.3 Å². The zero-order chi connectivity index (χ0) is 11.8. The molecule has 2 aromatic rings. The molecule has 1 saturated carbocycles. The maximum Gasteiger partial charge on any atom is 0.153 e. The van der Waals surface area contributed by atoms with Crippen LogP contribution in [0.5, 0.6) is 5.75 Å². The van der Waals surface area contributed by atoms with Gasteiger partial charge in [-0.15, -0.1) is 0 Å². The van der Waals surface area contributed by atoms with Crippen molar-refractivity contribution in [1.29, 1.82) is 0 Å². The lowest BCUT2D eigenvalue weighted by Crippen LogP contribution is -1.81. The molecule has 1 aliphatic carbocycles. The summed E-state index contributed by atoms with van der Waals surface area (Å²) >= 11 is 0. The van der Waals surface area contributed by atoms with E-state index in [2.05, 4.69) is 0 Å². The predicted molar refractivity (Wildman–Crippen MR) is 63.2 cm³/mol. The molecule has 1 fully saturated rings. The molecule has 0 amide bonds. The van der Waals surface area contributed by atoms with Gasteiger partial charge in [0, 0.05) is 5.92 Å². The molecule has 0 atom stereocenters. The molecule has 1 heterocycles. The lowest BCUT2D eigenvalue weighted by molar-refractivity contribution is 0.112. The molecule has 0 radical (unpaired) electrons. The van der Waals surface area contributed by atoms with Crippen molar-refractivity contribution in [2.45, 2.75) is 18.8 Å². The van der Waals surface area contributed by atoms with Gasteiger partial charge in [0.25, 0.3) is 0 Å². The number of carbonyl (C=O) groups is 1.